The van der Waals surface area contributed by atoms with Crippen LogP contribution in [0.3, 0.4) is 0 Å². The van der Waals surface area contributed by atoms with Crippen LogP contribution in [0.25, 0.3) is 0 Å². The number of alkyl halides is 3. The van der Waals surface area contributed by atoms with E-state index in [1.807, 2.05) is 0 Å². The number of aliphatic carboxylic acids is 1. The van der Waals surface area contributed by atoms with Gasteiger partial charge in [-0.25, -0.2) is 0 Å². The molecule has 1 heterocycles. The van der Waals surface area contributed by atoms with Crippen LogP contribution in [0.1, 0.15) is 58.8 Å². The van der Waals surface area contributed by atoms with Gasteiger partial charge in [-0.1, -0.05) is 26.7 Å². The molecule has 0 aromatic rings. The minimum atomic E-state index is -5.17. The van der Waals surface area contributed by atoms with Gasteiger partial charge in [-0.2, -0.15) is 13.2 Å². The smallest absolute Gasteiger partial charge is 0.471 e. The van der Waals surface area contributed by atoms with Gasteiger partial charge in [-0.3, -0.25) is 24.0 Å². The second-order valence-electron chi connectivity index (χ2n) is 9.90. The van der Waals surface area contributed by atoms with Gasteiger partial charge in [0.15, 0.2) is 0 Å². The number of rotatable bonds is 9. The van der Waals surface area contributed by atoms with Gasteiger partial charge in [-0.15, -0.1) is 0 Å². The van der Waals surface area contributed by atoms with Crippen molar-refractivity contribution in [3.05, 3.63) is 0 Å². The molecule has 0 unspecified atom stereocenters. The highest BCUT2D eigenvalue weighted by Gasteiger charge is 2.55. The fourth-order valence-electron chi connectivity index (χ4n) is 5.21. The molecule has 1 saturated carbocycles. The molecule has 2 fully saturated rings. The van der Waals surface area contributed by atoms with Crippen molar-refractivity contribution in [2.24, 2.45) is 5.92 Å². The molecule has 2 atom stereocenters. The van der Waals surface area contributed by atoms with Crippen molar-refractivity contribution in [3.63, 3.8) is 0 Å². The average molecular weight is 521 g/mol. The minimum Gasteiger partial charge on any atom is -0.481 e. The largest absolute Gasteiger partial charge is 0.481 e. The molecule has 4 amide bonds. The molecule has 36 heavy (non-hydrogen) atoms. The SMILES string of the molecule is CC(C)[C@@H](C(=O)N[C@@H](CC(=O)O)C(=O)N1CCCC1)N(C)C(=O)C1(N(C)C(=O)C(F)(F)F)CCCC1. The van der Waals surface area contributed by atoms with Crippen molar-refractivity contribution in [2.45, 2.75) is 82.6 Å². The summed E-state index contributed by atoms with van der Waals surface area (Å²) in [5.74, 6) is -6.12. The van der Waals surface area contributed by atoms with Gasteiger partial charge >= 0.3 is 18.1 Å². The Hall–Kier alpha value is -2.86. The van der Waals surface area contributed by atoms with E-state index in [9.17, 15) is 42.3 Å². The highest BCUT2D eigenvalue weighted by Crippen LogP contribution is 2.38. The number of likely N-dealkylation sites (tertiary alicyclic amines) is 1. The molecule has 0 radical (unpaired) electrons. The lowest BCUT2D eigenvalue weighted by Crippen LogP contribution is -2.64. The van der Waals surface area contributed by atoms with Gasteiger partial charge < -0.3 is 25.1 Å². The first-order valence-corrected chi connectivity index (χ1v) is 12.1. The molecule has 10 nitrogen and oxygen atoms in total. The molecule has 1 aliphatic heterocycles. The number of amides is 4. The Morgan fingerprint density at radius 2 is 1.53 bits per heavy atom. The highest BCUT2D eigenvalue weighted by atomic mass is 19.4. The van der Waals surface area contributed by atoms with E-state index in [1.54, 1.807) is 13.8 Å². The molecule has 0 spiro atoms. The van der Waals surface area contributed by atoms with Crippen molar-refractivity contribution < 1.29 is 42.3 Å². The Labute approximate surface area is 208 Å². The predicted molar refractivity (Wildman–Crippen MR) is 121 cm³/mol. The maximum Gasteiger partial charge on any atom is 0.471 e. The Morgan fingerprint density at radius 3 is 1.97 bits per heavy atom. The summed E-state index contributed by atoms with van der Waals surface area (Å²) in [5.41, 5.74) is -1.76. The Bertz CT molecular complexity index is 866. The zero-order valence-electron chi connectivity index (χ0n) is 21.1. The second-order valence-corrected chi connectivity index (χ2v) is 9.90. The fourth-order valence-corrected chi connectivity index (χ4v) is 5.21. The molecule has 1 aliphatic carbocycles. The lowest BCUT2D eigenvalue weighted by atomic mass is 9.91. The molecule has 2 aliphatic rings. The van der Waals surface area contributed by atoms with Gasteiger partial charge in [0.25, 0.3) is 0 Å². The normalized spacial score (nSPS) is 19.1. The van der Waals surface area contributed by atoms with Crippen LogP contribution in [0.2, 0.25) is 0 Å². The van der Waals surface area contributed by atoms with Gasteiger partial charge in [0.2, 0.25) is 17.7 Å². The van der Waals surface area contributed by atoms with Crippen molar-refractivity contribution in [2.75, 3.05) is 27.2 Å². The zero-order valence-corrected chi connectivity index (χ0v) is 21.1. The van der Waals surface area contributed by atoms with E-state index >= 15 is 0 Å². The molecule has 2 N–H and O–H groups in total. The molecule has 2 rings (SSSR count). The van der Waals surface area contributed by atoms with Crippen LogP contribution in [0, 0.1) is 5.92 Å². The summed E-state index contributed by atoms with van der Waals surface area (Å²) in [7, 11) is 2.21. The van der Waals surface area contributed by atoms with E-state index in [2.05, 4.69) is 5.32 Å². The van der Waals surface area contributed by atoms with Crippen LogP contribution in [-0.4, -0.2) is 100 Å². The van der Waals surface area contributed by atoms with E-state index in [0.717, 1.165) is 24.8 Å². The number of carboxylic acids is 1. The molecule has 1 saturated heterocycles. The fraction of sp³-hybridized carbons (Fsp3) is 0.783. The summed E-state index contributed by atoms with van der Waals surface area (Å²) >= 11 is 0. The molecular formula is C23H35F3N4O6. The number of carboxylic acid groups (broad SMARTS) is 1. The number of carbonyl (C=O) groups excluding carboxylic acids is 4. The Morgan fingerprint density at radius 1 is 1.00 bits per heavy atom. The van der Waals surface area contributed by atoms with E-state index in [-0.39, 0.29) is 12.8 Å². The number of carbonyl (C=O) groups is 5. The second kappa shape index (κ2) is 11.5. The van der Waals surface area contributed by atoms with E-state index < -0.39 is 65.7 Å². The van der Waals surface area contributed by atoms with Crippen LogP contribution >= 0.6 is 0 Å². The third kappa shape index (κ3) is 6.28. The first kappa shape index (κ1) is 29.4. The summed E-state index contributed by atoms with van der Waals surface area (Å²) in [6.07, 6.45) is -3.42. The molecule has 0 aromatic heterocycles. The lowest BCUT2D eigenvalue weighted by Gasteiger charge is -2.42. The number of hydrogen-bond acceptors (Lipinski definition) is 5. The summed E-state index contributed by atoms with van der Waals surface area (Å²) in [4.78, 5) is 66.1. The minimum absolute atomic E-state index is 0.00993. The number of likely N-dealkylation sites (N-methyl/N-ethyl adjacent to an activating group) is 2. The van der Waals surface area contributed by atoms with Gasteiger partial charge in [0.1, 0.15) is 17.6 Å². The molecular weight excluding hydrogens is 485 g/mol. The monoisotopic (exact) mass is 520 g/mol. The molecule has 204 valence electrons. The summed E-state index contributed by atoms with van der Waals surface area (Å²) in [5, 5.41) is 11.7. The molecule has 0 bridgehead atoms. The van der Waals surface area contributed by atoms with Gasteiger partial charge in [-0.05, 0) is 31.6 Å². The van der Waals surface area contributed by atoms with Crippen molar-refractivity contribution in [1.29, 1.82) is 0 Å². The summed E-state index contributed by atoms with van der Waals surface area (Å²) in [6.45, 7) is 4.13. The standard InChI is InChI=1S/C23H35F3N4O6/c1-14(2)17(18(33)27-15(13-16(31)32)19(34)30-11-7-8-12-30)28(3)20(35)22(9-5-6-10-22)29(4)21(36)23(24,25)26/h14-15,17H,5-13H2,1-4H3,(H,27,33)(H,31,32)/t15-,17-/m0/s1. The van der Waals surface area contributed by atoms with Crippen LogP contribution in [0.15, 0.2) is 0 Å². The number of halogens is 3. The van der Waals surface area contributed by atoms with E-state index in [4.69, 9.17) is 0 Å². The van der Waals surface area contributed by atoms with Gasteiger partial charge in [0, 0.05) is 27.2 Å². The molecule has 13 heteroatoms. The van der Waals surface area contributed by atoms with Gasteiger partial charge in [0.05, 0.1) is 6.42 Å². The van der Waals surface area contributed by atoms with Crippen molar-refractivity contribution in [1.82, 2.24) is 20.0 Å². The average Bonchev–Trinajstić information content (AvgIpc) is 3.48. The topological polar surface area (TPSA) is 127 Å². The van der Waals surface area contributed by atoms with Crippen molar-refractivity contribution in [3.8, 4) is 0 Å². The zero-order chi connectivity index (χ0) is 27.4. The predicted octanol–water partition coefficient (Wildman–Crippen LogP) is 1.38. The lowest BCUT2D eigenvalue weighted by molar-refractivity contribution is -0.192. The first-order chi connectivity index (χ1) is 16.6. The van der Waals surface area contributed by atoms with E-state index in [1.165, 1.54) is 11.9 Å². The van der Waals surface area contributed by atoms with E-state index in [0.29, 0.717) is 30.8 Å². The van der Waals surface area contributed by atoms with Crippen LogP contribution < -0.4 is 5.32 Å². The van der Waals surface area contributed by atoms with Crippen LogP contribution in [0.5, 0.6) is 0 Å². The number of hydrogen-bond donors (Lipinski definition) is 2. The maximum absolute atomic E-state index is 13.6. The van der Waals surface area contributed by atoms with Crippen LogP contribution in [-0.2, 0) is 24.0 Å². The third-order valence-electron chi connectivity index (χ3n) is 7.07. The molecule has 0 aromatic carbocycles. The summed E-state index contributed by atoms with van der Waals surface area (Å²) in [6, 6.07) is -2.57. The number of nitrogens with zero attached hydrogens (tertiary/aromatic N) is 3. The van der Waals surface area contributed by atoms with Crippen LogP contribution in [0.4, 0.5) is 13.2 Å². The summed E-state index contributed by atoms with van der Waals surface area (Å²) < 4.78 is 39.6. The first-order valence-electron chi connectivity index (χ1n) is 12.1. The Kier molecular flexibility index (Phi) is 9.35. The quantitative estimate of drug-likeness (QED) is 0.473. The maximum atomic E-state index is 13.6. The highest BCUT2D eigenvalue weighted by molar-refractivity contribution is 5.97. The Balaban J connectivity index is 2.31. The third-order valence-corrected chi connectivity index (χ3v) is 7.07. The number of nitrogens with one attached hydrogen (secondary N) is 1. The van der Waals surface area contributed by atoms with Crippen molar-refractivity contribution >= 4 is 29.6 Å².